The van der Waals surface area contributed by atoms with Crippen LogP contribution in [0, 0.1) is 0 Å². The van der Waals surface area contributed by atoms with Crippen LogP contribution in [0.3, 0.4) is 0 Å². The maximum absolute atomic E-state index is 7.25. The molecule has 20 rings (SSSR count). The van der Waals surface area contributed by atoms with Gasteiger partial charge in [0.05, 0.1) is 0 Å². The molecule has 20 aromatic rings. The highest BCUT2D eigenvalue weighted by Gasteiger charge is 2.24. The Morgan fingerprint density at radius 1 is 0.215 bits per heavy atom. The van der Waals surface area contributed by atoms with Crippen molar-refractivity contribution in [2.24, 2.45) is 0 Å². The van der Waals surface area contributed by atoms with Crippen molar-refractivity contribution >= 4 is 185 Å². The lowest BCUT2D eigenvalue weighted by atomic mass is 9.92. The number of benzene rings is 15. The summed E-state index contributed by atoms with van der Waals surface area (Å²) >= 11 is 3.63. The summed E-state index contributed by atoms with van der Waals surface area (Å²) < 4.78 is 25.8. The van der Waals surface area contributed by atoms with Crippen molar-refractivity contribution in [1.82, 2.24) is 0 Å². The van der Waals surface area contributed by atoms with E-state index in [-0.39, 0.29) is 0 Å². The van der Waals surface area contributed by atoms with E-state index in [1.165, 1.54) is 46.1 Å². The average Bonchev–Trinajstić information content (AvgIpc) is 1.61. The third-order valence-corrected chi connectivity index (χ3v) is 21.3. The van der Waals surface area contributed by atoms with Gasteiger partial charge >= 0.3 is 0 Å². The SMILES string of the molecule is c1ccc(-c2ccc(N(c3ccccc3)c3ccc4c(c3)sc3ccc5c6ccc7c(-c8cc(-c9ccc(N(c%10ccccc%10)c%10ccc%11c(c%10)sc%10ccc%12c%13ccc%14ccccc%14c%13oc%12c%10%11)cc9)c9oc%10ccccc%10c9c8)cccc7c6oc5c34)cc2)cc1. The molecular weight excluding hydrogens is 1170 g/mol. The fourth-order valence-electron chi connectivity index (χ4n) is 14.7. The van der Waals surface area contributed by atoms with Crippen LogP contribution >= 0.6 is 22.7 Å². The molecule has 0 radical (unpaired) electrons. The molecule has 0 aliphatic carbocycles. The molecule has 0 spiro atoms. The van der Waals surface area contributed by atoms with Crippen LogP contribution in [0.1, 0.15) is 0 Å². The molecule has 0 saturated heterocycles. The molecule has 7 heteroatoms. The number of hydrogen-bond acceptors (Lipinski definition) is 7. The molecule has 5 nitrogen and oxygen atoms in total. The first kappa shape index (κ1) is 52.1. The molecule has 0 amide bonds. The second kappa shape index (κ2) is 20.4. The lowest BCUT2D eigenvalue weighted by Gasteiger charge is -2.25. The molecule has 0 atom stereocenters. The standard InChI is InChI=1S/C86H50N2O3S2/c1-4-15-51(16-5-1)52-27-32-58(33-28-52)87(56-18-6-2-7-19-56)60-36-40-72-79(49-60)93-77-46-44-70-68-42-41-64-62(24-14-25-66(64)83(68)91-86(70)81(72)77)55-47-73(84-74(48-55)65-23-12-13-26-75(65)89-84)54-29-34-59(35-30-54)88(57-20-8-3-9-21-57)61-37-39-71-78(50-61)92-76-45-43-69-67-38-31-53-17-10-11-22-63(53)82(67)90-85(69)80(71)76/h1-50H. The van der Waals surface area contributed by atoms with E-state index in [4.69, 9.17) is 13.3 Å². The van der Waals surface area contributed by atoms with Crippen molar-refractivity contribution in [1.29, 1.82) is 0 Å². The first-order valence-corrected chi connectivity index (χ1v) is 33.1. The number of para-hydroxylation sites is 3. The van der Waals surface area contributed by atoms with E-state index in [2.05, 4.69) is 313 Å². The van der Waals surface area contributed by atoms with Gasteiger partial charge in [-0.3, -0.25) is 0 Å². The van der Waals surface area contributed by atoms with Gasteiger partial charge < -0.3 is 23.1 Å². The van der Waals surface area contributed by atoms with E-state index >= 15 is 0 Å². The summed E-state index contributed by atoms with van der Waals surface area (Å²) in [5.74, 6) is 0. The highest BCUT2D eigenvalue weighted by atomic mass is 32.1. The van der Waals surface area contributed by atoms with Gasteiger partial charge in [0.1, 0.15) is 33.5 Å². The zero-order valence-corrected chi connectivity index (χ0v) is 51.4. The zero-order valence-electron chi connectivity index (χ0n) is 49.8. The second-order valence-electron chi connectivity index (χ2n) is 24.2. The Morgan fingerprint density at radius 2 is 0.667 bits per heavy atom. The van der Waals surface area contributed by atoms with Crippen LogP contribution in [0.5, 0.6) is 0 Å². The maximum Gasteiger partial charge on any atom is 0.144 e. The van der Waals surface area contributed by atoms with E-state index in [1.54, 1.807) is 0 Å². The molecule has 0 saturated carbocycles. The van der Waals surface area contributed by atoms with Gasteiger partial charge in [-0.1, -0.05) is 176 Å². The Hall–Kier alpha value is -11.7. The Kier molecular flexibility index (Phi) is 11.4. The van der Waals surface area contributed by atoms with Gasteiger partial charge in [-0.05, 0) is 166 Å². The first-order chi connectivity index (χ1) is 46.1. The van der Waals surface area contributed by atoms with Crippen molar-refractivity contribution in [2.45, 2.75) is 0 Å². The van der Waals surface area contributed by atoms with Crippen LogP contribution < -0.4 is 9.80 Å². The number of nitrogens with zero attached hydrogens (tertiary/aromatic N) is 2. The molecule has 15 aromatic carbocycles. The summed E-state index contributed by atoms with van der Waals surface area (Å²) in [5, 5.41) is 15.8. The molecular formula is C86H50N2O3S2. The molecule has 0 aliphatic heterocycles. The fourth-order valence-corrected chi connectivity index (χ4v) is 17.0. The first-order valence-electron chi connectivity index (χ1n) is 31.4. The lowest BCUT2D eigenvalue weighted by molar-refractivity contribution is 0.670. The largest absolute Gasteiger partial charge is 0.455 e. The van der Waals surface area contributed by atoms with Crippen LogP contribution in [0.2, 0.25) is 0 Å². The topological polar surface area (TPSA) is 45.9 Å². The van der Waals surface area contributed by atoms with Gasteiger partial charge in [0.15, 0.2) is 0 Å². The quantitative estimate of drug-likeness (QED) is 0.144. The second-order valence-corrected chi connectivity index (χ2v) is 26.4. The molecule has 0 fully saturated rings. The minimum absolute atomic E-state index is 0.858. The summed E-state index contributed by atoms with van der Waals surface area (Å²) in [4.78, 5) is 4.70. The fraction of sp³-hybridized carbons (Fsp3) is 0. The van der Waals surface area contributed by atoms with Crippen LogP contribution in [-0.2, 0) is 0 Å². The summed E-state index contributed by atoms with van der Waals surface area (Å²) in [5.41, 5.74) is 18.6. The van der Waals surface area contributed by atoms with Crippen molar-refractivity contribution in [3.63, 3.8) is 0 Å². The molecule has 0 aliphatic rings. The van der Waals surface area contributed by atoms with Gasteiger partial charge in [-0.15, -0.1) is 22.7 Å². The molecule has 0 unspecified atom stereocenters. The Morgan fingerprint density at radius 3 is 1.30 bits per heavy atom. The third kappa shape index (κ3) is 8.11. The smallest absolute Gasteiger partial charge is 0.144 e. The van der Waals surface area contributed by atoms with Gasteiger partial charge in [-0.2, -0.15) is 0 Å². The normalized spacial score (nSPS) is 12.1. The summed E-state index contributed by atoms with van der Waals surface area (Å²) in [6, 6.07) is 110. The van der Waals surface area contributed by atoms with Gasteiger partial charge in [0, 0.05) is 123 Å². The number of hydrogen-bond donors (Lipinski definition) is 0. The van der Waals surface area contributed by atoms with E-state index < -0.39 is 0 Å². The summed E-state index contributed by atoms with van der Waals surface area (Å²) in [6.07, 6.45) is 0. The molecule has 0 bridgehead atoms. The molecule has 93 heavy (non-hydrogen) atoms. The summed E-state index contributed by atoms with van der Waals surface area (Å²) in [6.45, 7) is 0. The van der Waals surface area contributed by atoms with Crippen molar-refractivity contribution in [2.75, 3.05) is 9.80 Å². The minimum Gasteiger partial charge on any atom is -0.455 e. The molecule has 5 aromatic heterocycles. The Bertz CT molecular complexity index is 6420. The van der Waals surface area contributed by atoms with Crippen molar-refractivity contribution in [3.05, 3.63) is 303 Å². The lowest BCUT2D eigenvalue weighted by Crippen LogP contribution is -2.09. The number of anilines is 6. The monoisotopic (exact) mass is 1220 g/mol. The van der Waals surface area contributed by atoms with Gasteiger partial charge in [-0.25, -0.2) is 0 Å². The number of fused-ring (bicyclic) bond motifs is 21. The highest BCUT2D eigenvalue weighted by molar-refractivity contribution is 7.26. The number of furan rings is 3. The zero-order chi connectivity index (χ0) is 60.8. The van der Waals surface area contributed by atoms with Gasteiger partial charge in [0.2, 0.25) is 0 Å². The molecule has 434 valence electrons. The molecule has 0 N–H and O–H groups in total. The predicted molar refractivity (Wildman–Crippen MR) is 395 cm³/mol. The van der Waals surface area contributed by atoms with E-state index in [1.807, 2.05) is 22.7 Å². The third-order valence-electron chi connectivity index (χ3n) is 19.0. The van der Waals surface area contributed by atoms with Crippen LogP contribution in [0.4, 0.5) is 34.1 Å². The number of thiophene rings is 2. The van der Waals surface area contributed by atoms with Crippen LogP contribution in [0.15, 0.2) is 317 Å². The van der Waals surface area contributed by atoms with E-state index in [0.717, 1.165) is 149 Å². The predicted octanol–water partition coefficient (Wildman–Crippen LogP) is 26.4. The van der Waals surface area contributed by atoms with Crippen LogP contribution in [0.25, 0.3) is 161 Å². The van der Waals surface area contributed by atoms with E-state index in [9.17, 15) is 0 Å². The van der Waals surface area contributed by atoms with Gasteiger partial charge in [0.25, 0.3) is 0 Å². The summed E-state index contributed by atoms with van der Waals surface area (Å²) in [7, 11) is 0. The number of rotatable bonds is 9. The Labute approximate surface area is 540 Å². The maximum atomic E-state index is 7.25. The van der Waals surface area contributed by atoms with Crippen molar-refractivity contribution in [3.8, 4) is 33.4 Å². The highest BCUT2D eigenvalue weighted by Crippen LogP contribution is 2.50. The molecule has 5 heterocycles. The average molecular weight is 1220 g/mol. The van der Waals surface area contributed by atoms with E-state index in [0.29, 0.717) is 0 Å². The van der Waals surface area contributed by atoms with Crippen molar-refractivity contribution < 1.29 is 13.3 Å². The van der Waals surface area contributed by atoms with Crippen LogP contribution in [-0.4, -0.2) is 0 Å². The minimum atomic E-state index is 0.858. The Balaban J connectivity index is 0.680.